The van der Waals surface area contributed by atoms with Crippen molar-refractivity contribution in [2.75, 3.05) is 39.5 Å². The van der Waals surface area contributed by atoms with Gasteiger partial charge < -0.3 is 14.4 Å². The molecule has 0 radical (unpaired) electrons. The summed E-state index contributed by atoms with van der Waals surface area (Å²) in [5, 5.41) is 0. The lowest BCUT2D eigenvalue weighted by atomic mass is 10.2. The molecule has 1 heterocycles. The van der Waals surface area contributed by atoms with Crippen molar-refractivity contribution in [2.45, 2.75) is 6.92 Å². The molecule has 3 heteroatoms. The SMILES string of the molecule is Cc1cccc(OCC[NH+]2CCOCC2)c1. The maximum Gasteiger partial charge on any atom is 0.137 e. The van der Waals surface area contributed by atoms with Crippen molar-refractivity contribution in [3.63, 3.8) is 0 Å². The molecule has 1 N–H and O–H groups in total. The van der Waals surface area contributed by atoms with Crippen LogP contribution in [0.15, 0.2) is 24.3 Å². The van der Waals surface area contributed by atoms with E-state index in [9.17, 15) is 0 Å². The van der Waals surface area contributed by atoms with Crippen LogP contribution in [0.25, 0.3) is 0 Å². The van der Waals surface area contributed by atoms with Crippen molar-refractivity contribution in [1.29, 1.82) is 0 Å². The van der Waals surface area contributed by atoms with Crippen molar-refractivity contribution < 1.29 is 14.4 Å². The average Bonchev–Trinajstić information content (AvgIpc) is 2.30. The standard InChI is InChI=1S/C13H19NO2/c1-12-3-2-4-13(11-12)16-10-7-14-5-8-15-9-6-14/h2-4,11H,5-10H2,1H3/p+1. The van der Waals surface area contributed by atoms with Crippen LogP contribution in [-0.4, -0.2) is 39.5 Å². The van der Waals surface area contributed by atoms with Gasteiger partial charge in [-0.1, -0.05) is 12.1 Å². The summed E-state index contributed by atoms with van der Waals surface area (Å²) in [6.07, 6.45) is 0. The molecule has 16 heavy (non-hydrogen) atoms. The van der Waals surface area contributed by atoms with Crippen molar-refractivity contribution in [1.82, 2.24) is 0 Å². The molecule has 1 aliphatic heterocycles. The van der Waals surface area contributed by atoms with Gasteiger partial charge in [0.25, 0.3) is 0 Å². The molecule has 3 nitrogen and oxygen atoms in total. The molecule has 1 aliphatic rings. The van der Waals surface area contributed by atoms with E-state index < -0.39 is 0 Å². The highest BCUT2D eigenvalue weighted by molar-refractivity contribution is 5.27. The van der Waals surface area contributed by atoms with Crippen molar-refractivity contribution >= 4 is 0 Å². The van der Waals surface area contributed by atoms with Crippen LogP contribution in [0, 0.1) is 6.92 Å². The van der Waals surface area contributed by atoms with E-state index in [1.807, 2.05) is 12.1 Å². The Balaban J connectivity index is 1.71. The van der Waals surface area contributed by atoms with Crippen LogP contribution >= 0.6 is 0 Å². The van der Waals surface area contributed by atoms with E-state index in [0.29, 0.717) is 0 Å². The number of hydrogen-bond acceptors (Lipinski definition) is 2. The first-order valence-electron chi connectivity index (χ1n) is 5.95. The second kappa shape index (κ2) is 5.87. The fraction of sp³-hybridized carbons (Fsp3) is 0.538. The zero-order valence-electron chi connectivity index (χ0n) is 9.87. The Morgan fingerprint density at radius 3 is 2.88 bits per heavy atom. The minimum absolute atomic E-state index is 0.790. The van der Waals surface area contributed by atoms with Gasteiger partial charge >= 0.3 is 0 Å². The van der Waals surface area contributed by atoms with Gasteiger partial charge in [0.1, 0.15) is 32.0 Å². The van der Waals surface area contributed by atoms with Crippen molar-refractivity contribution in [3.8, 4) is 5.75 Å². The van der Waals surface area contributed by atoms with Gasteiger partial charge in [-0.05, 0) is 24.6 Å². The van der Waals surface area contributed by atoms with E-state index in [0.717, 1.165) is 45.2 Å². The van der Waals surface area contributed by atoms with Crippen LogP contribution in [-0.2, 0) is 4.74 Å². The number of quaternary nitrogens is 1. The molecule has 0 atom stereocenters. The van der Waals surface area contributed by atoms with Gasteiger partial charge in [-0.15, -0.1) is 0 Å². The van der Waals surface area contributed by atoms with Gasteiger partial charge in [-0.25, -0.2) is 0 Å². The topological polar surface area (TPSA) is 22.9 Å². The molecule has 0 aromatic heterocycles. The van der Waals surface area contributed by atoms with E-state index in [-0.39, 0.29) is 0 Å². The molecule has 1 aromatic carbocycles. The van der Waals surface area contributed by atoms with E-state index in [1.165, 1.54) is 5.56 Å². The number of nitrogens with one attached hydrogen (secondary N) is 1. The first-order chi connectivity index (χ1) is 7.84. The number of aryl methyl sites for hydroxylation is 1. The van der Waals surface area contributed by atoms with Crippen LogP contribution in [0.1, 0.15) is 5.56 Å². The molecule has 0 bridgehead atoms. The molecule has 88 valence electrons. The number of benzene rings is 1. The van der Waals surface area contributed by atoms with Gasteiger partial charge in [0.2, 0.25) is 0 Å². The molecule has 1 aromatic rings. The zero-order valence-corrected chi connectivity index (χ0v) is 9.87. The molecule has 1 fully saturated rings. The van der Waals surface area contributed by atoms with Gasteiger partial charge in [-0.3, -0.25) is 0 Å². The smallest absolute Gasteiger partial charge is 0.137 e. The summed E-state index contributed by atoms with van der Waals surface area (Å²) in [6.45, 7) is 7.93. The first kappa shape index (κ1) is 11.4. The molecule has 0 unspecified atom stereocenters. The summed E-state index contributed by atoms with van der Waals surface area (Å²) < 4.78 is 11.0. The fourth-order valence-corrected chi connectivity index (χ4v) is 1.93. The molecule has 1 saturated heterocycles. The van der Waals surface area contributed by atoms with Crippen LogP contribution in [0.2, 0.25) is 0 Å². The molecule has 0 aliphatic carbocycles. The maximum atomic E-state index is 5.73. The van der Waals surface area contributed by atoms with Crippen LogP contribution in [0.5, 0.6) is 5.75 Å². The lowest BCUT2D eigenvalue weighted by molar-refractivity contribution is -0.908. The van der Waals surface area contributed by atoms with Crippen LogP contribution < -0.4 is 9.64 Å². The summed E-state index contributed by atoms with van der Waals surface area (Å²) >= 11 is 0. The van der Waals surface area contributed by atoms with Crippen LogP contribution in [0.3, 0.4) is 0 Å². The van der Waals surface area contributed by atoms with Crippen LogP contribution in [0.4, 0.5) is 0 Å². The number of hydrogen-bond donors (Lipinski definition) is 1. The molecule has 0 saturated carbocycles. The Labute approximate surface area is 97.0 Å². The Bertz CT molecular complexity index is 321. The second-order valence-corrected chi connectivity index (χ2v) is 4.28. The summed E-state index contributed by atoms with van der Waals surface area (Å²) in [7, 11) is 0. The highest BCUT2D eigenvalue weighted by atomic mass is 16.5. The molecular weight excluding hydrogens is 202 g/mol. The Morgan fingerprint density at radius 1 is 1.31 bits per heavy atom. The number of ether oxygens (including phenoxy) is 2. The average molecular weight is 222 g/mol. The monoisotopic (exact) mass is 222 g/mol. The Hall–Kier alpha value is -1.06. The van der Waals surface area contributed by atoms with E-state index >= 15 is 0 Å². The Kier molecular flexibility index (Phi) is 4.19. The lowest BCUT2D eigenvalue weighted by Gasteiger charge is -2.23. The predicted molar refractivity (Wildman–Crippen MR) is 63.1 cm³/mol. The Morgan fingerprint density at radius 2 is 2.12 bits per heavy atom. The highest BCUT2D eigenvalue weighted by Gasteiger charge is 2.12. The second-order valence-electron chi connectivity index (χ2n) is 4.28. The van der Waals surface area contributed by atoms with Gasteiger partial charge in [0.15, 0.2) is 0 Å². The van der Waals surface area contributed by atoms with Gasteiger partial charge in [0, 0.05) is 0 Å². The summed E-state index contributed by atoms with van der Waals surface area (Å²) in [5.74, 6) is 0.979. The predicted octanol–water partition coefficient (Wildman–Crippen LogP) is 0.289. The summed E-state index contributed by atoms with van der Waals surface area (Å²) in [6, 6.07) is 8.21. The minimum Gasteiger partial charge on any atom is -0.488 e. The van der Waals surface area contributed by atoms with Gasteiger partial charge in [-0.2, -0.15) is 0 Å². The van der Waals surface area contributed by atoms with Crippen molar-refractivity contribution in [2.24, 2.45) is 0 Å². The molecule has 0 amide bonds. The fourth-order valence-electron chi connectivity index (χ4n) is 1.93. The van der Waals surface area contributed by atoms with Gasteiger partial charge in [0.05, 0.1) is 13.2 Å². The largest absolute Gasteiger partial charge is 0.488 e. The number of rotatable bonds is 4. The quantitative estimate of drug-likeness (QED) is 0.791. The molecular formula is C13H20NO2+. The highest BCUT2D eigenvalue weighted by Crippen LogP contribution is 2.11. The third-order valence-corrected chi connectivity index (χ3v) is 2.91. The summed E-state index contributed by atoms with van der Waals surface area (Å²) in [4.78, 5) is 1.58. The number of morpholine rings is 1. The normalized spacial score (nSPS) is 17.3. The van der Waals surface area contributed by atoms with Crippen molar-refractivity contribution in [3.05, 3.63) is 29.8 Å². The van der Waals surface area contributed by atoms with E-state index in [4.69, 9.17) is 9.47 Å². The molecule has 0 spiro atoms. The van der Waals surface area contributed by atoms with E-state index in [2.05, 4.69) is 19.1 Å². The zero-order chi connectivity index (χ0) is 11.2. The first-order valence-corrected chi connectivity index (χ1v) is 5.95. The third-order valence-electron chi connectivity index (χ3n) is 2.91. The van der Waals surface area contributed by atoms with E-state index in [1.54, 1.807) is 4.90 Å². The minimum atomic E-state index is 0.790. The lowest BCUT2D eigenvalue weighted by Crippen LogP contribution is -3.14. The summed E-state index contributed by atoms with van der Waals surface area (Å²) in [5.41, 5.74) is 1.25. The third kappa shape index (κ3) is 3.51. The molecule has 2 rings (SSSR count). The maximum absolute atomic E-state index is 5.73.